The van der Waals surface area contributed by atoms with Crippen LogP contribution in [0.3, 0.4) is 0 Å². The molecule has 5 nitrogen and oxygen atoms in total. The molecule has 9 heteroatoms. The van der Waals surface area contributed by atoms with E-state index in [1.807, 2.05) is 0 Å². The summed E-state index contributed by atoms with van der Waals surface area (Å²) in [7, 11) is 0. The number of pyridine rings is 1. The van der Waals surface area contributed by atoms with Gasteiger partial charge in [0.15, 0.2) is 0 Å². The summed E-state index contributed by atoms with van der Waals surface area (Å²) < 4.78 is 39.6. The van der Waals surface area contributed by atoms with Gasteiger partial charge in [-0.25, -0.2) is 4.98 Å². The number of alkyl halides is 3. The summed E-state index contributed by atoms with van der Waals surface area (Å²) in [6.45, 7) is -1.71. The Morgan fingerprint density at radius 3 is 2.84 bits per heavy atom. The van der Waals surface area contributed by atoms with Crippen LogP contribution in [-0.4, -0.2) is 36.8 Å². The van der Waals surface area contributed by atoms with Crippen molar-refractivity contribution < 1.29 is 22.7 Å². The number of nitrogens with two attached hydrogens (primary N) is 1. The smallest absolute Gasteiger partial charge is 0.397 e. The summed E-state index contributed by atoms with van der Waals surface area (Å²) in [5.41, 5.74) is 5.74. The van der Waals surface area contributed by atoms with Crippen molar-refractivity contribution >= 4 is 23.2 Å². The van der Waals surface area contributed by atoms with Crippen molar-refractivity contribution in [3.63, 3.8) is 0 Å². The number of rotatable bonds is 5. The number of carbonyl (C=O) groups excluding carboxylic acids is 1. The molecule has 1 aromatic rings. The van der Waals surface area contributed by atoms with E-state index in [4.69, 9.17) is 17.3 Å². The number of nitrogen functional groups attached to an aromatic ring is 1. The number of nitrogens with zero attached hydrogens (tertiary/aromatic N) is 1. The van der Waals surface area contributed by atoms with Crippen LogP contribution in [0, 0.1) is 0 Å². The molecular weight excluding hydrogens is 287 g/mol. The monoisotopic (exact) mass is 297 g/mol. The highest BCUT2D eigenvalue weighted by Gasteiger charge is 2.27. The lowest BCUT2D eigenvalue weighted by molar-refractivity contribution is -0.173. The normalized spacial score (nSPS) is 11.4. The minimum Gasteiger partial charge on any atom is -0.397 e. The summed E-state index contributed by atoms with van der Waals surface area (Å²) in [5, 5.41) is 2.30. The number of anilines is 1. The molecule has 1 rings (SSSR count). The van der Waals surface area contributed by atoms with Crippen LogP contribution >= 0.6 is 11.6 Å². The van der Waals surface area contributed by atoms with Crippen molar-refractivity contribution in [2.75, 3.05) is 25.5 Å². The molecule has 0 radical (unpaired) electrons. The lowest BCUT2D eigenvalue weighted by Gasteiger charge is -2.09. The molecule has 0 fully saturated rings. The predicted molar refractivity (Wildman–Crippen MR) is 62.9 cm³/mol. The number of hydrogen-bond donors (Lipinski definition) is 2. The van der Waals surface area contributed by atoms with Gasteiger partial charge in [-0.1, -0.05) is 11.6 Å². The Morgan fingerprint density at radius 2 is 2.21 bits per heavy atom. The van der Waals surface area contributed by atoms with Crippen molar-refractivity contribution in [2.24, 2.45) is 0 Å². The largest absolute Gasteiger partial charge is 0.411 e. The average molecular weight is 298 g/mol. The molecule has 0 bridgehead atoms. The Labute approximate surface area is 111 Å². The average Bonchev–Trinajstić information content (AvgIpc) is 2.30. The van der Waals surface area contributed by atoms with Gasteiger partial charge in [-0.2, -0.15) is 13.2 Å². The molecule has 0 aliphatic heterocycles. The van der Waals surface area contributed by atoms with E-state index in [1.54, 1.807) is 0 Å². The molecule has 0 aliphatic carbocycles. The van der Waals surface area contributed by atoms with Crippen LogP contribution in [-0.2, 0) is 4.74 Å². The van der Waals surface area contributed by atoms with Crippen molar-refractivity contribution in [3.8, 4) is 0 Å². The third kappa shape index (κ3) is 5.75. The van der Waals surface area contributed by atoms with Crippen molar-refractivity contribution in [1.82, 2.24) is 10.3 Å². The fourth-order valence-corrected chi connectivity index (χ4v) is 1.33. The number of halogens is 4. The van der Waals surface area contributed by atoms with Gasteiger partial charge in [0, 0.05) is 6.54 Å². The SMILES string of the molecule is Nc1cnc(Cl)c(C(=O)NCCOCC(F)(F)F)c1. The summed E-state index contributed by atoms with van der Waals surface area (Å²) in [6, 6.07) is 1.32. The fraction of sp³-hybridized carbons (Fsp3) is 0.400. The van der Waals surface area contributed by atoms with Gasteiger partial charge < -0.3 is 15.8 Å². The molecular formula is C10H11ClF3N3O2. The van der Waals surface area contributed by atoms with Gasteiger partial charge in [-0.05, 0) is 6.07 Å². The predicted octanol–water partition coefficient (Wildman–Crippen LogP) is 1.63. The van der Waals surface area contributed by atoms with E-state index in [0.29, 0.717) is 0 Å². The number of hydrogen-bond acceptors (Lipinski definition) is 4. The topological polar surface area (TPSA) is 77.2 Å². The lowest BCUT2D eigenvalue weighted by atomic mass is 10.2. The minimum absolute atomic E-state index is 0.0390. The fourth-order valence-electron chi connectivity index (χ4n) is 1.14. The van der Waals surface area contributed by atoms with Gasteiger partial charge in [0.2, 0.25) is 0 Å². The maximum Gasteiger partial charge on any atom is 0.411 e. The van der Waals surface area contributed by atoms with E-state index < -0.39 is 18.7 Å². The molecule has 0 saturated carbocycles. The zero-order valence-electron chi connectivity index (χ0n) is 9.63. The van der Waals surface area contributed by atoms with Gasteiger partial charge in [0.1, 0.15) is 11.8 Å². The molecule has 0 aromatic carbocycles. The number of nitrogens with one attached hydrogen (secondary N) is 1. The van der Waals surface area contributed by atoms with Crippen LogP contribution in [0.1, 0.15) is 10.4 Å². The van der Waals surface area contributed by atoms with Gasteiger partial charge in [0.25, 0.3) is 5.91 Å². The number of carbonyl (C=O) groups is 1. The van der Waals surface area contributed by atoms with Gasteiger partial charge in [-0.3, -0.25) is 4.79 Å². The molecule has 0 saturated heterocycles. The van der Waals surface area contributed by atoms with E-state index >= 15 is 0 Å². The number of ether oxygens (including phenoxy) is 1. The Kier molecular flexibility index (Phi) is 5.37. The van der Waals surface area contributed by atoms with E-state index in [0.717, 1.165) is 0 Å². The number of amides is 1. The highest BCUT2D eigenvalue weighted by Crippen LogP contribution is 2.15. The molecule has 3 N–H and O–H groups in total. The zero-order valence-corrected chi connectivity index (χ0v) is 10.4. The van der Waals surface area contributed by atoms with Crippen molar-refractivity contribution in [2.45, 2.75) is 6.18 Å². The first kappa shape index (κ1) is 15.5. The highest BCUT2D eigenvalue weighted by atomic mass is 35.5. The van der Waals surface area contributed by atoms with Crippen molar-refractivity contribution in [3.05, 3.63) is 23.0 Å². The second kappa shape index (κ2) is 6.58. The zero-order chi connectivity index (χ0) is 14.5. The molecule has 1 amide bonds. The Hall–Kier alpha value is -1.54. The Morgan fingerprint density at radius 1 is 1.53 bits per heavy atom. The van der Waals surface area contributed by atoms with Gasteiger partial charge >= 0.3 is 6.18 Å². The van der Waals surface area contributed by atoms with Crippen molar-refractivity contribution in [1.29, 1.82) is 0 Å². The molecule has 0 aliphatic rings. The van der Waals surface area contributed by atoms with E-state index in [9.17, 15) is 18.0 Å². The van der Waals surface area contributed by atoms with Crippen LogP contribution in [0.4, 0.5) is 18.9 Å². The van der Waals surface area contributed by atoms with Crippen LogP contribution < -0.4 is 11.1 Å². The third-order valence-electron chi connectivity index (χ3n) is 1.90. The summed E-state index contributed by atoms with van der Waals surface area (Å²) in [6.07, 6.45) is -3.10. The first-order valence-electron chi connectivity index (χ1n) is 5.13. The summed E-state index contributed by atoms with van der Waals surface area (Å²) in [4.78, 5) is 15.3. The third-order valence-corrected chi connectivity index (χ3v) is 2.20. The standard InChI is InChI=1S/C10H11ClF3N3O2/c11-8-7(3-6(15)4-17-8)9(18)16-1-2-19-5-10(12,13)14/h3-4H,1-2,5,15H2,(H,16,18). The summed E-state index contributed by atoms with van der Waals surface area (Å²) in [5.74, 6) is -0.583. The first-order chi connectivity index (χ1) is 8.79. The van der Waals surface area contributed by atoms with Crippen LogP contribution in [0.15, 0.2) is 12.3 Å². The van der Waals surface area contributed by atoms with Crippen LogP contribution in [0.25, 0.3) is 0 Å². The first-order valence-corrected chi connectivity index (χ1v) is 5.51. The molecule has 1 aromatic heterocycles. The van der Waals surface area contributed by atoms with Gasteiger partial charge in [-0.15, -0.1) is 0 Å². The highest BCUT2D eigenvalue weighted by molar-refractivity contribution is 6.32. The van der Waals surface area contributed by atoms with E-state index in [2.05, 4.69) is 15.0 Å². The quantitative estimate of drug-likeness (QED) is 0.639. The molecule has 0 spiro atoms. The maximum absolute atomic E-state index is 11.8. The number of aromatic nitrogens is 1. The maximum atomic E-state index is 11.8. The minimum atomic E-state index is -4.38. The van der Waals surface area contributed by atoms with Gasteiger partial charge in [0.05, 0.1) is 24.1 Å². The van der Waals surface area contributed by atoms with E-state index in [-0.39, 0.29) is 29.6 Å². The lowest BCUT2D eigenvalue weighted by Crippen LogP contribution is -2.29. The Balaban J connectivity index is 2.38. The second-order valence-electron chi connectivity index (χ2n) is 3.53. The molecule has 0 atom stereocenters. The Bertz CT molecular complexity index is 454. The molecule has 106 valence electrons. The molecule has 0 unspecified atom stereocenters. The van der Waals surface area contributed by atoms with Crippen LogP contribution in [0.5, 0.6) is 0 Å². The molecule has 1 heterocycles. The van der Waals surface area contributed by atoms with E-state index in [1.165, 1.54) is 12.3 Å². The van der Waals surface area contributed by atoms with Crippen LogP contribution in [0.2, 0.25) is 5.15 Å². The second-order valence-corrected chi connectivity index (χ2v) is 3.89. The molecule has 19 heavy (non-hydrogen) atoms. The summed E-state index contributed by atoms with van der Waals surface area (Å²) >= 11 is 5.68.